The van der Waals surface area contributed by atoms with Crippen LogP contribution < -0.4 is 11.1 Å². The molecule has 0 aliphatic carbocycles. The number of rotatable bonds is 9. The zero-order valence-corrected chi connectivity index (χ0v) is 23.8. The third kappa shape index (κ3) is 6.92. The van der Waals surface area contributed by atoms with Crippen molar-refractivity contribution in [2.24, 2.45) is 5.73 Å². The van der Waals surface area contributed by atoms with E-state index in [4.69, 9.17) is 17.3 Å². The molecule has 2 fully saturated rings. The van der Waals surface area contributed by atoms with E-state index in [1.54, 1.807) is 6.92 Å². The van der Waals surface area contributed by atoms with Crippen molar-refractivity contribution in [3.05, 3.63) is 107 Å². The molecular formula is C33H39ClN4O2. The van der Waals surface area contributed by atoms with Crippen LogP contribution in [0.1, 0.15) is 48.3 Å². The Bertz CT molecular complexity index is 1290. The van der Waals surface area contributed by atoms with E-state index in [2.05, 4.69) is 64.8 Å². The summed E-state index contributed by atoms with van der Waals surface area (Å²) < 4.78 is 0. The van der Waals surface area contributed by atoms with Crippen LogP contribution in [0.5, 0.6) is 0 Å². The zero-order chi connectivity index (χ0) is 28.1. The highest BCUT2D eigenvalue weighted by atomic mass is 35.5. The second-order valence-corrected chi connectivity index (χ2v) is 11.8. The Morgan fingerprint density at radius 2 is 1.62 bits per heavy atom. The number of likely N-dealkylation sites (tertiary alicyclic amines) is 2. The molecule has 3 unspecified atom stereocenters. The van der Waals surface area contributed by atoms with E-state index in [9.17, 15) is 9.59 Å². The number of nitrogens with zero attached hydrogens (tertiary/aromatic N) is 2. The smallest absolute Gasteiger partial charge is 0.245 e. The molecule has 210 valence electrons. The average molecular weight is 559 g/mol. The van der Waals surface area contributed by atoms with Crippen molar-refractivity contribution in [3.8, 4) is 0 Å². The predicted octanol–water partition coefficient (Wildman–Crippen LogP) is 4.59. The van der Waals surface area contributed by atoms with E-state index >= 15 is 0 Å². The Morgan fingerprint density at radius 1 is 0.950 bits per heavy atom. The normalized spacial score (nSPS) is 22.7. The molecule has 3 aromatic rings. The van der Waals surface area contributed by atoms with E-state index in [-0.39, 0.29) is 23.8 Å². The second-order valence-electron chi connectivity index (χ2n) is 11.3. The summed E-state index contributed by atoms with van der Waals surface area (Å²) in [5, 5.41) is 3.55. The molecule has 0 radical (unpaired) electrons. The number of halogens is 1. The maximum atomic E-state index is 14.3. The summed E-state index contributed by atoms with van der Waals surface area (Å²) in [4.78, 5) is 31.5. The first kappa shape index (κ1) is 28.3. The average Bonchev–Trinajstić information content (AvgIpc) is 3.61. The number of amides is 2. The van der Waals surface area contributed by atoms with Gasteiger partial charge < -0.3 is 20.9 Å². The van der Waals surface area contributed by atoms with Crippen molar-refractivity contribution in [2.75, 3.05) is 26.2 Å². The van der Waals surface area contributed by atoms with Gasteiger partial charge >= 0.3 is 0 Å². The van der Waals surface area contributed by atoms with Crippen molar-refractivity contribution >= 4 is 23.4 Å². The first-order valence-corrected chi connectivity index (χ1v) is 14.7. The maximum Gasteiger partial charge on any atom is 0.245 e. The highest BCUT2D eigenvalue weighted by Crippen LogP contribution is 2.35. The summed E-state index contributed by atoms with van der Waals surface area (Å²) in [6.07, 6.45) is 2.37. The first-order chi connectivity index (χ1) is 19.4. The molecule has 2 aliphatic heterocycles. The molecule has 5 atom stereocenters. The highest BCUT2D eigenvalue weighted by molar-refractivity contribution is 6.30. The van der Waals surface area contributed by atoms with E-state index in [1.807, 2.05) is 35.2 Å². The first-order valence-electron chi connectivity index (χ1n) is 14.3. The minimum atomic E-state index is -0.718. The van der Waals surface area contributed by atoms with Gasteiger partial charge in [0.05, 0.1) is 6.04 Å². The van der Waals surface area contributed by atoms with Gasteiger partial charge in [-0.3, -0.25) is 9.59 Å². The Kier molecular flexibility index (Phi) is 9.20. The quantitative estimate of drug-likeness (QED) is 0.403. The molecule has 2 amide bonds. The van der Waals surface area contributed by atoms with Crippen LogP contribution in [-0.2, 0) is 16.0 Å². The van der Waals surface area contributed by atoms with E-state index in [0.29, 0.717) is 23.9 Å². The Balaban J connectivity index is 1.37. The maximum absolute atomic E-state index is 14.3. The molecule has 7 heteroatoms. The van der Waals surface area contributed by atoms with Gasteiger partial charge in [0.15, 0.2) is 0 Å². The monoisotopic (exact) mass is 558 g/mol. The second kappa shape index (κ2) is 13.0. The molecule has 5 rings (SSSR count). The minimum Gasteiger partial charge on any atom is -0.343 e. The molecule has 3 aromatic carbocycles. The van der Waals surface area contributed by atoms with Gasteiger partial charge in [-0.25, -0.2) is 0 Å². The van der Waals surface area contributed by atoms with E-state index in [0.717, 1.165) is 38.0 Å². The zero-order valence-electron chi connectivity index (χ0n) is 23.1. The van der Waals surface area contributed by atoms with Gasteiger partial charge in [0.25, 0.3) is 0 Å². The number of carbonyl (C=O) groups is 2. The van der Waals surface area contributed by atoms with Gasteiger partial charge in [-0.1, -0.05) is 84.4 Å². The number of carbonyl (C=O) groups excluding carboxylic acids is 2. The molecule has 40 heavy (non-hydrogen) atoms. The van der Waals surface area contributed by atoms with Gasteiger partial charge in [0.1, 0.15) is 6.04 Å². The summed E-state index contributed by atoms with van der Waals surface area (Å²) in [5.41, 5.74) is 9.41. The SMILES string of the molecule is CC(N)C(=O)NC(Cc1cccc(Cl)c1)C(=O)N1C[C@@H](c2ccccc2)C[C@H]1CN1CCC(c2ccccc2)C1. The van der Waals surface area contributed by atoms with Gasteiger partial charge in [-0.05, 0) is 61.1 Å². The molecule has 3 N–H and O–H groups in total. The van der Waals surface area contributed by atoms with Gasteiger partial charge in [0.2, 0.25) is 11.8 Å². The number of benzene rings is 3. The third-order valence-corrected chi connectivity index (χ3v) is 8.57. The lowest BCUT2D eigenvalue weighted by molar-refractivity contribution is -0.137. The van der Waals surface area contributed by atoms with Crippen LogP contribution in [0.2, 0.25) is 5.02 Å². The molecular weight excluding hydrogens is 520 g/mol. The van der Waals surface area contributed by atoms with Gasteiger partial charge in [0, 0.05) is 43.0 Å². The third-order valence-electron chi connectivity index (χ3n) is 8.34. The van der Waals surface area contributed by atoms with Crippen molar-refractivity contribution in [2.45, 2.75) is 56.1 Å². The van der Waals surface area contributed by atoms with E-state index < -0.39 is 12.1 Å². The van der Waals surface area contributed by atoms with Crippen LogP contribution in [0.4, 0.5) is 0 Å². The number of nitrogens with one attached hydrogen (secondary N) is 1. The largest absolute Gasteiger partial charge is 0.343 e. The lowest BCUT2D eigenvalue weighted by Crippen LogP contribution is -2.55. The summed E-state index contributed by atoms with van der Waals surface area (Å²) in [5.74, 6) is 0.369. The van der Waals surface area contributed by atoms with Crippen molar-refractivity contribution < 1.29 is 9.59 Å². The molecule has 2 heterocycles. The Hall–Kier alpha value is -3.19. The molecule has 0 spiro atoms. The molecule has 2 aliphatic rings. The molecule has 0 saturated carbocycles. The van der Waals surface area contributed by atoms with Crippen molar-refractivity contribution in [3.63, 3.8) is 0 Å². The fourth-order valence-electron chi connectivity index (χ4n) is 6.22. The fraction of sp³-hybridized carbons (Fsp3) is 0.394. The van der Waals surface area contributed by atoms with Crippen LogP contribution in [0.15, 0.2) is 84.9 Å². The summed E-state index contributed by atoms with van der Waals surface area (Å²) >= 11 is 6.24. The van der Waals surface area contributed by atoms with Crippen LogP contribution in [0.3, 0.4) is 0 Å². The van der Waals surface area contributed by atoms with Crippen molar-refractivity contribution in [1.82, 2.24) is 15.1 Å². The summed E-state index contributed by atoms with van der Waals surface area (Å²) in [7, 11) is 0. The topological polar surface area (TPSA) is 78.7 Å². The molecule has 0 aromatic heterocycles. The molecule has 2 saturated heterocycles. The lowest BCUT2D eigenvalue weighted by atomic mass is 9.96. The van der Waals surface area contributed by atoms with Crippen LogP contribution in [-0.4, -0.2) is 65.9 Å². The van der Waals surface area contributed by atoms with Crippen molar-refractivity contribution in [1.29, 1.82) is 0 Å². The number of hydrogen-bond acceptors (Lipinski definition) is 4. The summed E-state index contributed by atoms with van der Waals surface area (Å²) in [6.45, 7) is 5.09. The number of nitrogens with two attached hydrogens (primary N) is 1. The minimum absolute atomic E-state index is 0.0568. The van der Waals surface area contributed by atoms with Crippen LogP contribution in [0, 0.1) is 0 Å². The Morgan fingerprint density at radius 3 is 2.27 bits per heavy atom. The predicted molar refractivity (Wildman–Crippen MR) is 160 cm³/mol. The van der Waals surface area contributed by atoms with Gasteiger partial charge in [-0.15, -0.1) is 0 Å². The van der Waals surface area contributed by atoms with E-state index in [1.165, 1.54) is 11.1 Å². The standard InChI is InChI=1S/C33H39ClN4O2/c1-23(35)32(39)36-31(18-24-9-8-14-29(34)17-24)33(40)38-21-28(26-12-6-3-7-13-26)19-30(38)22-37-16-15-27(20-37)25-10-4-2-5-11-25/h2-14,17,23,27-28,30-31H,15-16,18-22,35H2,1H3,(H,36,39)/t23?,27?,28-,30-,31?/m0/s1. The fourth-order valence-corrected chi connectivity index (χ4v) is 6.44. The Labute approximate surface area is 242 Å². The molecule has 0 bridgehead atoms. The number of hydrogen-bond donors (Lipinski definition) is 2. The lowest BCUT2D eigenvalue weighted by Gasteiger charge is -2.32. The molecule has 6 nitrogen and oxygen atoms in total. The van der Waals surface area contributed by atoms with Crippen LogP contribution in [0.25, 0.3) is 0 Å². The van der Waals surface area contributed by atoms with Gasteiger partial charge in [-0.2, -0.15) is 0 Å². The summed E-state index contributed by atoms with van der Waals surface area (Å²) in [6, 6.07) is 27.2. The highest BCUT2D eigenvalue weighted by Gasteiger charge is 2.40. The van der Waals surface area contributed by atoms with Crippen LogP contribution >= 0.6 is 11.6 Å².